The molecule has 1 heterocycles. The topological polar surface area (TPSA) is 129 Å². The molecule has 0 bridgehead atoms. The van der Waals surface area contributed by atoms with Crippen LogP contribution in [0.2, 0.25) is 5.02 Å². The van der Waals surface area contributed by atoms with Gasteiger partial charge in [0.2, 0.25) is 5.95 Å². The zero-order chi connectivity index (χ0) is 14.0. The van der Waals surface area contributed by atoms with Crippen molar-refractivity contribution in [2.45, 2.75) is 6.92 Å². The monoisotopic (exact) mass is 277 g/mol. The predicted molar refractivity (Wildman–Crippen MR) is 75.6 cm³/mol. The van der Waals surface area contributed by atoms with Gasteiger partial charge in [-0.3, -0.25) is 0 Å². The first-order valence-corrected chi connectivity index (χ1v) is 5.72. The fraction of sp³-hybridized carbons (Fsp3) is 0.0909. The smallest absolute Gasteiger partial charge is 0.224 e. The van der Waals surface area contributed by atoms with Crippen LogP contribution in [0.4, 0.5) is 29.0 Å². The molecule has 0 aliphatic heterocycles. The Balaban J connectivity index is 2.41. The second kappa shape index (κ2) is 5.07. The van der Waals surface area contributed by atoms with Crippen LogP contribution in [0.25, 0.3) is 0 Å². The Bertz CT molecular complexity index is 630. The molecule has 0 aliphatic carbocycles. The van der Waals surface area contributed by atoms with E-state index in [4.69, 9.17) is 28.8 Å². The van der Waals surface area contributed by atoms with E-state index in [0.717, 1.165) is 5.56 Å². The highest BCUT2D eigenvalue weighted by Crippen LogP contribution is 2.31. The van der Waals surface area contributed by atoms with Gasteiger partial charge in [0.1, 0.15) is 0 Å². The van der Waals surface area contributed by atoms with Gasteiger partial charge in [-0.1, -0.05) is 17.7 Å². The molecule has 0 amide bonds. The summed E-state index contributed by atoms with van der Waals surface area (Å²) in [6, 6.07) is 5.32. The number of benzene rings is 1. The summed E-state index contributed by atoms with van der Waals surface area (Å²) in [5.41, 5.74) is 18.3. The van der Waals surface area contributed by atoms with Crippen molar-refractivity contribution in [2.24, 2.45) is 10.2 Å². The van der Waals surface area contributed by atoms with E-state index in [1.807, 2.05) is 6.92 Å². The van der Waals surface area contributed by atoms with Gasteiger partial charge in [0.15, 0.2) is 17.3 Å². The fourth-order valence-electron chi connectivity index (χ4n) is 1.42. The van der Waals surface area contributed by atoms with Crippen molar-refractivity contribution < 1.29 is 0 Å². The SMILES string of the molecule is Cc1c(Cl)cccc1N=Nc1c(N)nc(N)nc1N. The molecule has 2 aromatic rings. The maximum Gasteiger partial charge on any atom is 0.224 e. The number of nitrogen functional groups attached to an aromatic ring is 3. The lowest BCUT2D eigenvalue weighted by Crippen LogP contribution is -2.03. The number of aromatic nitrogens is 2. The van der Waals surface area contributed by atoms with E-state index in [9.17, 15) is 0 Å². The Morgan fingerprint density at radius 2 is 1.68 bits per heavy atom. The first kappa shape index (κ1) is 13.0. The minimum atomic E-state index is -0.00659. The lowest BCUT2D eigenvalue weighted by Gasteiger charge is -2.04. The summed E-state index contributed by atoms with van der Waals surface area (Å²) in [6.45, 7) is 1.84. The number of hydrogen-bond donors (Lipinski definition) is 3. The van der Waals surface area contributed by atoms with E-state index in [0.29, 0.717) is 10.7 Å². The third-order valence-corrected chi connectivity index (χ3v) is 2.86. The van der Waals surface area contributed by atoms with E-state index >= 15 is 0 Å². The molecule has 0 radical (unpaired) electrons. The van der Waals surface area contributed by atoms with E-state index < -0.39 is 0 Å². The summed E-state index contributed by atoms with van der Waals surface area (Å²) < 4.78 is 0. The predicted octanol–water partition coefficient (Wildman–Crippen LogP) is 2.60. The lowest BCUT2D eigenvalue weighted by atomic mass is 10.2. The maximum absolute atomic E-state index is 5.99. The Kier molecular flexibility index (Phi) is 3.48. The van der Waals surface area contributed by atoms with Crippen LogP contribution in [0.1, 0.15) is 5.56 Å². The molecule has 6 N–H and O–H groups in total. The van der Waals surface area contributed by atoms with Gasteiger partial charge in [-0.25, -0.2) is 0 Å². The van der Waals surface area contributed by atoms with Gasteiger partial charge in [-0.15, -0.1) is 10.2 Å². The van der Waals surface area contributed by atoms with Crippen molar-refractivity contribution in [1.82, 2.24) is 9.97 Å². The number of halogens is 1. The van der Waals surface area contributed by atoms with E-state index in [1.54, 1.807) is 18.2 Å². The van der Waals surface area contributed by atoms with Crippen molar-refractivity contribution in [3.63, 3.8) is 0 Å². The van der Waals surface area contributed by atoms with Crippen LogP contribution >= 0.6 is 11.6 Å². The Hall–Kier alpha value is -2.41. The Morgan fingerprint density at radius 1 is 1.05 bits per heavy atom. The highest BCUT2D eigenvalue weighted by molar-refractivity contribution is 6.31. The summed E-state index contributed by atoms with van der Waals surface area (Å²) >= 11 is 5.99. The summed E-state index contributed by atoms with van der Waals surface area (Å²) in [4.78, 5) is 7.54. The zero-order valence-corrected chi connectivity index (χ0v) is 10.9. The summed E-state index contributed by atoms with van der Waals surface area (Å²) in [6.07, 6.45) is 0. The molecule has 19 heavy (non-hydrogen) atoms. The molecular formula is C11H12ClN7. The molecule has 0 aliphatic rings. The van der Waals surface area contributed by atoms with Crippen LogP contribution in [0.15, 0.2) is 28.4 Å². The molecule has 0 atom stereocenters. The van der Waals surface area contributed by atoms with E-state index in [2.05, 4.69) is 20.2 Å². The van der Waals surface area contributed by atoms with Gasteiger partial charge in [0.25, 0.3) is 0 Å². The summed E-state index contributed by atoms with van der Waals surface area (Å²) in [5.74, 6) is 0.148. The normalized spacial score (nSPS) is 11.1. The van der Waals surface area contributed by atoms with Crippen LogP contribution in [-0.4, -0.2) is 9.97 Å². The average Bonchev–Trinajstić information content (AvgIpc) is 2.33. The Morgan fingerprint density at radius 3 is 2.32 bits per heavy atom. The van der Waals surface area contributed by atoms with Crippen molar-refractivity contribution in [1.29, 1.82) is 0 Å². The van der Waals surface area contributed by atoms with Crippen LogP contribution < -0.4 is 17.2 Å². The first-order chi connectivity index (χ1) is 8.99. The minimum absolute atomic E-state index is 0.00659. The van der Waals surface area contributed by atoms with Crippen molar-refractivity contribution in [3.05, 3.63) is 28.8 Å². The second-order valence-electron chi connectivity index (χ2n) is 3.78. The third kappa shape index (κ3) is 2.71. The molecule has 8 heteroatoms. The molecule has 1 aromatic heterocycles. The minimum Gasteiger partial charge on any atom is -0.382 e. The first-order valence-electron chi connectivity index (χ1n) is 5.34. The van der Waals surface area contributed by atoms with Gasteiger partial charge >= 0.3 is 0 Å². The van der Waals surface area contributed by atoms with Gasteiger partial charge in [0.05, 0.1) is 5.69 Å². The molecule has 0 spiro atoms. The quantitative estimate of drug-likeness (QED) is 0.727. The number of rotatable bonds is 2. The van der Waals surface area contributed by atoms with Crippen LogP contribution in [0.5, 0.6) is 0 Å². The fourth-order valence-corrected chi connectivity index (χ4v) is 1.59. The highest BCUT2D eigenvalue weighted by Gasteiger charge is 2.08. The molecule has 98 valence electrons. The number of anilines is 3. The zero-order valence-electron chi connectivity index (χ0n) is 10.1. The van der Waals surface area contributed by atoms with Crippen molar-refractivity contribution in [2.75, 3.05) is 17.2 Å². The standard InChI is InChI=1S/C11H12ClN7/c1-5-6(12)3-2-4-7(5)18-19-8-9(13)16-11(15)17-10(8)14/h2-4H,1H3,(H6,13,14,15,16,17). The average molecular weight is 278 g/mol. The molecule has 0 saturated carbocycles. The van der Waals surface area contributed by atoms with Gasteiger partial charge < -0.3 is 17.2 Å². The van der Waals surface area contributed by atoms with Gasteiger partial charge in [0, 0.05) is 5.02 Å². The largest absolute Gasteiger partial charge is 0.382 e. The number of nitrogens with two attached hydrogens (primary N) is 3. The number of azo groups is 1. The van der Waals surface area contributed by atoms with Crippen molar-refractivity contribution in [3.8, 4) is 0 Å². The third-order valence-electron chi connectivity index (χ3n) is 2.45. The molecule has 0 unspecified atom stereocenters. The van der Waals surface area contributed by atoms with E-state index in [-0.39, 0.29) is 23.3 Å². The number of hydrogen-bond acceptors (Lipinski definition) is 7. The van der Waals surface area contributed by atoms with Gasteiger partial charge in [-0.05, 0) is 24.6 Å². The maximum atomic E-state index is 5.99. The lowest BCUT2D eigenvalue weighted by molar-refractivity contribution is 1.14. The molecule has 7 nitrogen and oxygen atoms in total. The molecule has 2 rings (SSSR count). The second-order valence-corrected chi connectivity index (χ2v) is 4.19. The van der Waals surface area contributed by atoms with Crippen molar-refractivity contribution >= 4 is 40.6 Å². The van der Waals surface area contributed by atoms with Crippen LogP contribution in [0.3, 0.4) is 0 Å². The molecular weight excluding hydrogens is 266 g/mol. The highest BCUT2D eigenvalue weighted by atomic mass is 35.5. The number of nitrogens with zero attached hydrogens (tertiary/aromatic N) is 4. The van der Waals surface area contributed by atoms with Gasteiger partial charge in [-0.2, -0.15) is 9.97 Å². The molecule has 1 aromatic carbocycles. The summed E-state index contributed by atoms with van der Waals surface area (Å²) in [7, 11) is 0. The molecule has 0 fully saturated rings. The Labute approximate surface area is 114 Å². The molecule has 0 saturated heterocycles. The summed E-state index contributed by atoms with van der Waals surface area (Å²) in [5, 5.41) is 8.61. The van der Waals surface area contributed by atoms with E-state index in [1.165, 1.54) is 0 Å². The van der Waals surface area contributed by atoms with Crippen LogP contribution in [-0.2, 0) is 0 Å². The van der Waals surface area contributed by atoms with Crippen LogP contribution in [0, 0.1) is 6.92 Å².